The molecule has 98 valence electrons. The summed E-state index contributed by atoms with van der Waals surface area (Å²) >= 11 is 0. The first-order valence-electron chi connectivity index (χ1n) is 6.95. The molecule has 4 nitrogen and oxygen atoms in total. The smallest absolute Gasteiger partial charge is 0.226 e. The highest BCUT2D eigenvalue weighted by molar-refractivity contribution is 5.78. The number of carbonyl (C=O) groups is 1. The molecule has 1 N–H and O–H groups in total. The van der Waals surface area contributed by atoms with Gasteiger partial charge in [0.2, 0.25) is 5.91 Å². The van der Waals surface area contributed by atoms with Gasteiger partial charge in [-0.1, -0.05) is 0 Å². The second-order valence-electron chi connectivity index (χ2n) is 5.35. The fourth-order valence-corrected chi connectivity index (χ4v) is 2.78. The van der Waals surface area contributed by atoms with E-state index >= 15 is 0 Å². The molecule has 0 radical (unpaired) electrons. The quantitative estimate of drug-likeness (QED) is 0.778. The highest BCUT2D eigenvalue weighted by Gasteiger charge is 2.24. The molecule has 0 aliphatic carbocycles. The minimum Gasteiger partial charge on any atom is -0.344 e. The standard InChI is InChI=1S/C13H25N3O/c1-15(9-10-16-7-2-3-8-16)13(17)12-5-4-6-14-11-12/h12,14H,2-11H2,1H3. The van der Waals surface area contributed by atoms with Crippen molar-refractivity contribution in [3.05, 3.63) is 0 Å². The van der Waals surface area contributed by atoms with Gasteiger partial charge in [0.15, 0.2) is 0 Å². The molecule has 0 aromatic rings. The van der Waals surface area contributed by atoms with Crippen LogP contribution in [0.15, 0.2) is 0 Å². The monoisotopic (exact) mass is 239 g/mol. The molecule has 2 saturated heterocycles. The number of nitrogens with zero attached hydrogens (tertiary/aromatic N) is 2. The molecule has 1 atom stereocenters. The molecule has 2 aliphatic heterocycles. The first-order valence-corrected chi connectivity index (χ1v) is 6.95. The predicted octanol–water partition coefficient (Wildman–Crippen LogP) is 0.540. The molecule has 2 fully saturated rings. The summed E-state index contributed by atoms with van der Waals surface area (Å²) in [6.07, 6.45) is 4.84. The molecule has 1 amide bonds. The Kier molecular flexibility index (Phi) is 4.80. The van der Waals surface area contributed by atoms with Crippen LogP contribution in [0.3, 0.4) is 0 Å². The summed E-state index contributed by atoms with van der Waals surface area (Å²) in [7, 11) is 1.95. The van der Waals surface area contributed by atoms with Gasteiger partial charge in [0, 0.05) is 26.7 Å². The van der Waals surface area contributed by atoms with Crippen LogP contribution in [0.5, 0.6) is 0 Å². The lowest BCUT2D eigenvalue weighted by Gasteiger charge is -2.28. The Morgan fingerprint density at radius 3 is 2.76 bits per heavy atom. The maximum atomic E-state index is 12.2. The van der Waals surface area contributed by atoms with E-state index in [9.17, 15) is 4.79 Å². The summed E-state index contributed by atoms with van der Waals surface area (Å²) < 4.78 is 0. The molecule has 2 rings (SSSR count). The average molecular weight is 239 g/mol. The second-order valence-corrected chi connectivity index (χ2v) is 5.35. The molecule has 0 aromatic carbocycles. The van der Waals surface area contributed by atoms with E-state index < -0.39 is 0 Å². The van der Waals surface area contributed by atoms with E-state index in [1.165, 1.54) is 25.9 Å². The number of amides is 1. The van der Waals surface area contributed by atoms with E-state index in [1.54, 1.807) is 0 Å². The summed E-state index contributed by atoms with van der Waals surface area (Å²) in [5.41, 5.74) is 0. The van der Waals surface area contributed by atoms with Crippen LogP contribution in [-0.2, 0) is 4.79 Å². The van der Waals surface area contributed by atoms with Crippen molar-refractivity contribution < 1.29 is 4.79 Å². The Morgan fingerprint density at radius 2 is 2.12 bits per heavy atom. The zero-order chi connectivity index (χ0) is 12.1. The minimum absolute atomic E-state index is 0.215. The maximum Gasteiger partial charge on any atom is 0.226 e. The fraction of sp³-hybridized carbons (Fsp3) is 0.923. The Hall–Kier alpha value is -0.610. The SMILES string of the molecule is CN(CCN1CCCC1)C(=O)C1CCCNC1. The van der Waals surface area contributed by atoms with E-state index in [0.717, 1.165) is 39.0 Å². The molecular formula is C13H25N3O. The first kappa shape index (κ1) is 12.8. The maximum absolute atomic E-state index is 12.2. The Balaban J connectivity index is 1.70. The van der Waals surface area contributed by atoms with E-state index in [-0.39, 0.29) is 5.92 Å². The lowest BCUT2D eigenvalue weighted by Crippen LogP contribution is -2.43. The number of likely N-dealkylation sites (N-methyl/N-ethyl adjacent to an activating group) is 1. The molecule has 2 heterocycles. The summed E-state index contributed by atoms with van der Waals surface area (Å²) in [4.78, 5) is 16.6. The van der Waals surface area contributed by atoms with Gasteiger partial charge in [-0.05, 0) is 45.3 Å². The Labute approximate surface area is 104 Å². The van der Waals surface area contributed by atoms with Crippen LogP contribution in [0, 0.1) is 5.92 Å². The van der Waals surface area contributed by atoms with Gasteiger partial charge in [-0.2, -0.15) is 0 Å². The summed E-state index contributed by atoms with van der Waals surface area (Å²) in [5, 5.41) is 3.31. The van der Waals surface area contributed by atoms with Gasteiger partial charge in [0.25, 0.3) is 0 Å². The largest absolute Gasteiger partial charge is 0.344 e. The van der Waals surface area contributed by atoms with Crippen LogP contribution in [0.1, 0.15) is 25.7 Å². The van der Waals surface area contributed by atoms with Crippen molar-refractivity contribution >= 4 is 5.91 Å². The molecule has 17 heavy (non-hydrogen) atoms. The van der Waals surface area contributed by atoms with Crippen LogP contribution in [0.4, 0.5) is 0 Å². The van der Waals surface area contributed by atoms with Gasteiger partial charge in [-0.3, -0.25) is 4.79 Å². The van der Waals surface area contributed by atoms with Gasteiger partial charge < -0.3 is 15.1 Å². The number of nitrogens with one attached hydrogen (secondary N) is 1. The lowest BCUT2D eigenvalue weighted by molar-refractivity contribution is -0.134. The molecular weight excluding hydrogens is 214 g/mol. The number of rotatable bonds is 4. The van der Waals surface area contributed by atoms with Crippen LogP contribution >= 0.6 is 0 Å². The van der Waals surface area contributed by atoms with Crippen LogP contribution < -0.4 is 5.32 Å². The number of piperidine rings is 1. The van der Waals surface area contributed by atoms with Gasteiger partial charge in [-0.15, -0.1) is 0 Å². The van der Waals surface area contributed by atoms with Gasteiger partial charge in [0.05, 0.1) is 5.92 Å². The highest BCUT2D eigenvalue weighted by Crippen LogP contribution is 2.13. The Bertz CT molecular complexity index is 245. The van der Waals surface area contributed by atoms with E-state index in [4.69, 9.17) is 0 Å². The molecule has 0 spiro atoms. The summed E-state index contributed by atoms with van der Waals surface area (Å²) in [6.45, 7) is 6.30. The third-order valence-corrected chi connectivity index (χ3v) is 3.97. The third kappa shape index (κ3) is 3.68. The van der Waals surface area contributed by atoms with Gasteiger partial charge in [-0.25, -0.2) is 0 Å². The minimum atomic E-state index is 0.215. The highest BCUT2D eigenvalue weighted by atomic mass is 16.2. The predicted molar refractivity (Wildman–Crippen MR) is 68.9 cm³/mol. The van der Waals surface area contributed by atoms with Crippen LogP contribution in [0.25, 0.3) is 0 Å². The zero-order valence-corrected chi connectivity index (χ0v) is 11.0. The second kappa shape index (κ2) is 6.36. The van der Waals surface area contributed by atoms with E-state index in [0.29, 0.717) is 5.91 Å². The fourth-order valence-electron chi connectivity index (χ4n) is 2.78. The van der Waals surface area contributed by atoms with Crippen molar-refractivity contribution in [2.75, 3.05) is 46.3 Å². The topological polar surface area (TPSA) is 35.6 Å². The van der Waals surface area contributed by atoms with Crippen molar-refractivity contribution in [1.29, 1.82) is 0 Å². The average Bonchev–Trinajstić information content (AvgIpc) is 2.89. The van der Waals surface area contributed by atoms with Crippen molar-refractivity contribution in [3.63, 3.8) is 0 Å². The molecule has 0 aromatic heterocycles. The Morgan fingerprint density at radius 1 is 1.35 bits per heavy atom. The first-order chi connectivity index (χ1) is 8.27. The van der Waals surface area contributed by atoms with Crippen molar-refractivity contribution in [3.8, 4) is 0 Å². The molecule has 2 aliphatic rings. The number of likely N-dealkylation sites (tertiary alicyclic amines) is 1. The number of hydrogen-bond donors (Lipinski definition) is 1. The molecule has 0 bridgehead atoms. The number of carbonyl (C=O) groups excluding carboxylic acids is 1. The molecule has 4 heteroatoms. The van der Waals surface area contributed by atoms with E-state index in [2.05, 4.69) is 10.2 Å². The number of hydrogen-bond acceptors (Lipinski definition) is 3. The van der Waals surface area contributed by atoms with Gasteiger partial charge in [0.1, 0.15) is 0 Å². The summed E-state index contributed by atoms with van der Waals surface area (Å²) in [6, 6.07) is 0. The zero-order valence-electron chi connectivity index (χ0n) is 11.0. The third-order valence-electron chi connectivity index (χ3n) is 3.97. The lowest BCUT2D eigenvalue weighted by atomic mass is 9.98. The molecule has 0 saturated carbocycles. The van der Waals surface area contributed by atoms with E-state index in [1.807, 2.05) is 11.9 Å². The van der Waals surface area contributed by atoms with Crippen LogP contribution in [-0.4, -0.2) is 62.0 Å². The van der Waals surface area contributed by atoms with Crippen molar-refractivity contribution in [2.24, 2.45) is 5.92 Å². The summed E-state index contributed by atoms with van der Waals surface area (Å²) in [5.74, 6) is 0.545. The normalized spacial score (nSPS) is 26.1. The van der Waals surface area contributed by atoms with Crippen molar-refractivity contribution in [1.82, 2.24) is 15.1 Å². The molecule has 1 unspecified atom stereocenters. The van der Waals surface area contributed by atoms with Crippen molar-refractivity contribution in [2.45, 2.75) is 25.7 Å². The van der Waals surface area contributed by atoms with Crippen LogP contribution in [0.2, 0.25) is 0 Å². The van der Waals surface area contributed by atoms with Gasteiger partial charge >= 0.3 is 0 Å².